The number of hydrogen-bond donors (Lipinski definition) is 1. The predicted molar refractivity (Wildman–Crippen MR) is 89.6 cm³/mol. The van der Waals surface area contributed by atoms with Gasteiger partial charge >= 0.3 is 0 Å². The molecule has 2 unspecified atom stereocenters. The molecule has 0 spiro atoms. The molecule has 2 nitrogen and oxygen atoms in total. The van der Waals surface area contributed by atoms with Gasteiger partial charge in [-0.25, -0.2) is 0 Å². The van der Waals surface area contributed by atoms with Gasteiger partial charge in [-0.1, -0.05) is 53.2 Å². The average molecular weight is 300 g/mol. The molecule has 3 rings (SSSR count). The molecule has 1 saturated carbocycles. The lowest BCUT2D eigenvalue weighted by Gasteiger charge is -2.53. The molecule has 1 N–H and O–H groups in total. The van der Waals surface area contributed by atoms with Crippen molar-refractivity contribution >= 4 is 5.78 Å². The summed E-state index contributed by atoms with van der Waals surface area (Å²) in [6.07, 6.45) is 4.07. The van der Waals surface area contributed by atoms with Gasteiger partial charge in [-0.3, -0.25) is 4.79 Å². The van der Waals surface area contributed by atoms with Crippen LogP contribution < -0.4 is 0 Å². The lowest BCUT2D eigenvalue weighted by atomic mass is 9.50. The Morgan fingerprint density at radius 2 is 1.86 bits per heavy atom. The summed E-state index contributed by atoms with van der Waals surface area (Å²) < 4.78 is 0. The predicted octanol–water partition coefficient (Wildman–Crippen LogP) is 5.19. The minimum absolute atomic E-state index is 0.0119. The Morgan fingerprint density at radius 3 is 2.50 bits per heavy atom. The van der Waals surface area contributed by atoms with Gasteiger partial charge < -0.3 is 5.11 Å². The monoisotopic (exact) mass is 300 g/mol. The van der Waals surface area contributed by atoms with Gasteiger partial charge in [0.15, 0.2) is 5.78 Å². The van der Waals surface area contributed by atoms with Crippen LogP contribution in [0.15, 0.2) is 12.1 Å². The zero-order chi connectivity index (χ0) is 16.3. The SMILES string of the molecule is CC(C)c1ccc2c(c1O)C(=O)CC1C(C)(C)CCCC21C. The van der Waals surface area contributed by atoms with E-state index in [1.807, 2.05) is 6.07 Å². The highest BCUT2D eigenvalue weighted by atomic mass is 16.3. The number of fused-ring (bicyclic) bond motifs is 3. The van der Waals surface area contributed by atoms with E-state index in [0.29, 0.717) is 17.9 Å². The Labute approximate surface area is 133 Å². The lowest BCUT2D eigenvalue weighted by Crippen LogP contribution is -2.49. The summed E-state index contributed by atoms with van der Waals surface area (Å²) in [7, 11) is 0. The molecule has 1 aromatic rings. The van der Waals surface area contributed by atoms with Gasteiger partial charge in [-0.05, 0) is 46.6 Å². The Kier molecular flexibility index (Phi) is 3.43. The number of carbonyl (C=O) groups is 1. The molecule has 2 aliphatic rings. The number of aromatic hydroxyl groups is 1. The molecule has 0 aromatic heterocycles. The smallest absolute Gasteiger partial charge is 0.167 e. The minimum Gasteiger partial charge on any atom is -0.507 e. The number of hydrogen-bond acceptors (Lipinski definition) is 2. The fourth-order valence-corrected chi connectivity index (χ4v) is 5.06. The van der Waals surface area contributed by atoms with Gasteiger partial charge in [0, 0.05) is 6.42 Å². The topological polar surface area (TPSA) is 37.3 Å². The molecule has 1 aromatic carbocycles. The number of carbonyl (C=O) groups excluding carboxylic acids is 1. The molecule has 22 heavy (non-hydrogen) atoms. The zero-order valence-electron chi connectivity index (χ0n) is 14.5. The van der Waals surface area contributed by atoms with E-state index in [0.717, 1.165) is 17.5 Å². The Balaban J connectivity index is 2.22. The first-order valence-electron chi connectivity index (χ1n) is 8.58. The van der Waals surface area contributed by atoms with E-state index in [1.54, 1.807) is 0 Å². The molecule has 1 fully saturated rings. The van der Waals surface area contributed by atoms with Crippen molar-refractivity contribution in [3.63, 3.8) is 0 Å². The Morgan fingerprint density at radius 1 is 1.18 bits per heavy atom. The third-order valence-corrected chi connectivity index (χ3v) is 6.34. The normalized spacial score (nSPS) is 30.1. The molecule has 2 atom stereocenters. The molecule has 0 heterocycles. The molecular formula is C20H28O2. The summed E-state index contributed by atoms with van der Waals surface area (Å²) in [6.45, 7) is 11.0. The van der Waals surface area contributed by atoms with Crippen LogP contribution in [0.25, 0.3) is 0 Å². The molecule has 2 aliphatic carbocycles. The van der Waals surface area contributed by atoms with Crippen LogP contribution in [0.3, 0.4) is 0 Å². The van der Waals surface area contributed by atoms with Crippen LogP contribution in [0.2, 0.25) is 0 Å². The Hall–Kier alpha value is -1.31. The summed E-state index contributed by atoms with van der Waals surface area (Å²) in [5.74, 6) is 0.970. The molecule has 0 radical (unpaired) electrons. The van der Waals surface area contributed by atoms with Gasteiger partial charge in [0.2, 0.25) is 0 Å². The van der Waals surface area contributed by atoms with Gasteiger partial charge in [-0.2, -0.15) is 0 Å². The minimum atomic E-state index is 0.0119. The number of benzene rings is 1. The van der Waals surface area contributed by atoms with E-state index in [2.05, 4.69) is 40.7 Å². The fraction of sp³-hybridized carbons (Fsp3) is 0.650. The van der Waals surface area contributed by atoms with E-state index in [9.17, 15) is 9.90 Å². The van der Waals surface area contributed by atoms with Crippen molar-refractivity contribution < 1.29 is 9.90 Å². The maximum Gasteiger partial charge on any atom is 0.167 e. The van der Waals surface area contributed by atoms with Crippen molar-refractivity contribution in [2.75, 3.05) is 0 Å². The lowest BCUT2D eigenvalue weighted by molar-refractivity contribution is 0.0364. The molecule has 0 aliphatic heterocycles. The van der Waals surface area contributed by atoms with Crippen LogP contribution in [0.1, 0.15) is 87.7 Å². The summed E-state index contributed by atoms with van der Waals surface area (Å²) >= 11 is 0. The van der Waals surface area contributed by atoms with Gasteiger partial charge in [0.25, 0.3) is 0 Å². The quantitative estimate of drug-likeness (QED) is 0.775. The first kappa shape index (κ1) is 15.6. The largest absolute Gasteiger partial charge is 0.507 e. The number of ketones is 1. The highest BCUT2D eigenvalue weighted by Gasteiger charge is 2.52. The van der Waals surface area contributed by atoms with Crippen molar-refractivity contribution in [1.29, 1.82) is 0 Å². The number of Topliss-reactive ketones (excluding diaryl/α,β-unsaturated/α-hetero) is 1. The first-order valence-corrected chi connectivity index (χ1v) is 8.58. The van der Waals surface area contributed by atoms with Crippen LogP contribution in [0.5, 0.6) is 5.75 Å². The Bertz CT molecular complexity index is 627. The van der Waals surface area contributed by atoms with E-state index in [4.69, 9.17) is 0 Å². The van der Waals surface area contributed by atoms with Crippen LogP contribution in [0.4, 0.5) is 0 Å². The second kappa shape index (κ2) is 4.84. The third-order valence-electron chi connectivity index (χ3n) is 6.34. The van der Waals surface area contributed by atoms with Crippen molar-refractivity contribution in [2.45, 2.75) is 71.6 Å². The maximum atomic E-state index is 12.8. The summed E-state index contributed by atoms with van der Waals surface area (Å²) in [5.41, 5.74) is 2.79. The van der Waals surface area contributed by atoms with Gasteiger partial charge in [0.1, 0.15) is 5.75 Å². The maximum absolute atomic E-state index is 12.8. The number of phenolic OH excluding ortho intramolecular Hbond substituents is 1. The van der Waals surface area contributed by atoms with Crippen LogP contribution in [0, 0.1) is 11.3 Å². The van der Waals surface area contributed by atoms with E-state index in [1.165, 1.54) is 12.8 Å². The van der Waals surface area contributed by atoms with Crippen molar-refractivity contribution in [3.8, 4) is 5.75 Å². The summed E-state index contributed by atoms with van der Waals surface area (Å²) in [5, 5.41) is 10.7. The van der Waals surface area contributed by atoms with Crippen molar-refractivity contribution in [3.05, 3.63) is 28.8 Å². The van der Waals surface area contributed by atoms with Crippen LogP contribution >= 0.6 is 0 Å². The van der Waals surface area contributed by atoms with Crippen LogP contribution in [-0.2, 0) is 5.41 Å². The van der Waals surface area contributed by atoms with E-state index >= 15 is 0 Å². The van der Waals surface area contributed by atoms with Crippen LogP contribution in [-0.4, -0.2) is 10.9 Å². The van der Waals surface area contributed by atoms with Crippen molar-refractivity contribution in [1.82, 2.24) is 0 Å². The average Bonchev–Trinajstić information content (AvgIpc) is 2.41. The highest BCUT2D eigenvalue weighted by Crippen LogP contribution is 2.58. The first-order chi connectivity index (χ1) is 10.2. The molecule has 0 amide bonds. The standard InChI is InChI=1S/C20H28O2/c1-12(2)13-7-8-14-17(18(13)22)15(21)11-16-19(3,4)9-6-10-20(14,16)5/h7-8,12,16,22H,6,9-11H2,1-5H3. The van der Waals surface area contributed by atoms with E-state index < -0.39 is 0 Å². The number of rotatable bonds is 1. The highest BCUT2D eigenvalue weighted by molar-refractivity contribution is 6.02. The zero-order valence-corrected chi connectivity index (χ0v) is 14.5. The molecule has 120 valence electrons. The van der Waals surface area contributed by atoms with Crippen molar-refractivity contribution in [2.24, 2.45) is 11.3 Å². The second-order valence-electron chi connectivity index (χ2n) is 8.52. The third kappa shape index (κ3) is 2.03. The molecule has 0 bridgehead atoms. The van der Waals surface area contributed by atoms with Gasteiger partial charge in [-0.15, -0.1) is 0 Å². The summed E-state index contributed by atoms with van der Waals surface area (Å²) in [6, 6.07) is 4.15. The van der Waals surface area contributed by atoms with E-state index in [-0.39, 0.29) is 28.3 Å². The summed E-state index contributed by atoms with van der Waals surface area (Å²) in [4.78, 5) is 12.8. The number of phenols is 1. The van der Waals surface area contributed by atoms with Gasteiger partial charge in [0.05, 0.1) is 5.56 Å². The second-order valence-corrected chi connectivity index (χ2v) is 8.52. The molecular weight excluding hydrogens is 272 g/mol. The fourth-order valence-electron chi connectivity index (χ4n) is 5.06. The molecule has 2 heteroatoms. The molecule has 0 saturated heterocycles.